The van der Waals surface area contributed by atoms with Gasteiger partial charge in [-0.1, -0.05) is 11.3 Å². The van der Waals surface area contributed by atoms with Gasteiger partial charge < -0.3 is 14.8 Å². The lowest BCUT2D eigenvalue weighted by molar-refractivity contribution is 0.0531. The van der Waals surface area contributed by atoms with Crippen LogP contribution in [0.1, 0.15) is 22.2 Å². The molecule has 0 fully saturated rings. The summed E-state index contributed by atoms with van der Waals surface area (Å²) in [6.07, 6.45) is 0. The zero-order valence-corrected chi connectivity index (χ0v) is 14.6. The highest BCUT2D eigenvalue weighted by Crippen LogP contribution is 2.34. The van der Waals surface area contributed by atoms with Crippen molar-refractivity contribution in [3.05, 3.63) is 34.7 Å². The fourth-order valence-electron chi connectivity index (χ4n) is 2.14. The lowest BCUT2D eigenvalue weighted by Gasteiger charge is -1.99. The molecule has 0 unspecified atom stereocenters. The smallest absolute Gasteiger partial charge is 0.348 e. The van der Waals surface area contributed by atoms with Gasteiger partial charge in [0.25, 0.3) is 0 Å². The van der Waals surface area contributed by atoms with Crippen LogP contribution in [0.5, 0.6) is 5.75 Å². The Kier molecular flexibility index (Phi) is 4.49. The number of nitrogens with one attached hydrogen (secondary N) is 1. The summed E-state index contributed by atoms with van der Waals surface area (Å²) in [4.78, 5) is 17.1. The Morgan fingerprint density at radius 3 is 2.87 bits per heavy atom. The van der Waals surface area contributed by atoms with Gasteiger partial charge in [-0.15, -0.1) is 11.3 Å². The number of hydrogen-bond acceptors (Lipinski definition) is 7. The molecule has 2 aromatic heterocycles. The first-order chi connectivity index (χ1) is 11.1. The van der Waals surface area contributed by atoms with Crippen molar-refractivity contribution in [3.8, 4) is 5.75 Å². The van der Waals surface area contributed by atoms with Crippen molar-refractivity contribution in [1.29, 1.82) is 0 Å². The number of aromatic nitrogens is 1. The average molecular weight is 348 g/mol. The number of ether oxygens (including phenoxy) is 2. The number of aryl methyl sites for hydroxylation is 1. The van der Waals surface area contributed by atoms with E-state index in [-0.39, 0.29) is 5.97 Å². The van der Waals surface area contributed by atoms with Crippen molar-refractivity contribution in [2.75, 3.05) is 19.0 Å². The van der Waals surface area contributed by atoms with Crippen LogP contribution < -0.4 is 10.1 Å². The molecule has 5 nitrogen and oxygen atoms in total. The number of anilines is 2. The summed E-state index contributed by atoms with van der Waals surface area (Å²) >= 11 is 2.93. The predicted octanol–water partition coefficient (Wildman–Crippen LogP) is 4.60. The second-order valence-electron chi connectivity index (χ2n) is 4.82. The topological polar surface area (TPSA) is 60.5 Å². The second-order valence-corrected chi connectivity index (χ2v) is 6.90. The van der Waals surface area contributed by atoms with Crippen LogP contribution in [0.25, 0.3) is 10.2 Å². The number of nitrogens with zero attached hydrogens (tertiary/aromatic N) is 1. The Hall–Kier alpha value is -2.12. The first-order valence-corrected chi connectivity index (χ1v) is 8.73. The number of methoxy groups -OCH3 is 1. The maximum Gasteiger partial charge on any atom is 0.348 e. The van der Waals surface area contributed by atoms with Crippen LogP contribution >= 0.6 is 22.7 Å². The molecule has 0 saturated heterocycles. The summed E-state index contributed by atoms with van der Waals surface area (Å²) in [5.41, 5.74) is 1.79. The van der Waals surface area contributed by atoms with Gasteiger partial charge in [0.2, 0.25) is 0 Å². The van der Waals surface area contributed by atoms with Gasteiger partial charge in [-0.05, 0) is 37.6 Å². The van der Waals surface area contributed by atoms with E-state index in [1.807, 2.05) is 31.2 Å². The van der Waals surface area contributed by atoms with E-state index >= 15 is 0 Å². The molecular weight excluding hydrogens is 332 g/mol. The van der Waals surface area contributed by atoms with Crippen LogP contribution in [0.15, 0.2) is 24.3 Å². The van der Waals surface area contributed by atoms with Crippen LogP contribution in [-0.4, -0.2) is 24.7 Å². The van der Waals surface area contributed by atoms with Crippen LogP contribution in [0.3, 0.4) is 0 Å². The monoisotopic (exact) mass is 348 g/mol. The van der Waals surface area contributed by atoms with Crippen LogP contribution in [0.2, 0.25) is 0 Å². The Morgan fingerprint density at radius 1 is 1.30 bits per heavy atom. The minimum Gasteiger partial charge on any atom is -0.497 e. The molecule has 3 aromatic rings. The van der Waals surface area contributed by atoms with Gasteiger partial charge in [0.15, 0.2) is 5.13 Å². The third-order valence-corrected chi connectivity index (χ3v) is 5.29. The number of carbonyl (C=O) groups is 1. The zero-order valence-electron chi connectivity index (χ0n) is 13.0. The number of thiazole rings is 1. The lowest BCUT2D eigenvalue weighted by atomic mass is 10.3. The molecule has 0 spiro atoms. The van der Waals surface area contributed by atoms with Gasteiger partial charge in [-0.3, -0.25) is 0 Å². The van der Waals surface area contributed by atoms with Gasteiger partial charge in [0.1, 0.15) is 10.6 Å². The van der Waals surface area contributed by atoms with Crippen molar-refractivity contribution in [2.45, 2.75) is 13.8 Å². The predicted molar refractivity (Wildman–Crippen MR) is 94.5 cm³/mol. The van der Waals surface area contributed by atoms with E-state index < -0.39 is 0 Å². The van der Waals surface area contributed by atoms with Gasteiger partial charge in [-0.25, -0.2) is 9.78 Å². The molecule has 7 heteroatoms. The molecule has 1 N–H and O–H groups in total. The maximum atomic E-state index is 11.9. The van der Waals surface area contributed by atoms with Gasteiger partial charge >= 0.3 is 5.97 Å². The second kappa shape index (κ2) is 6.55. The maximum absolute atomic E-state index is 11.9. The molecule has 1 aromatic carbocycles. The highest BCUT2D eigenvalue weighted by Gasteiger charge is 2.15. The van der Waals surface area contributed by atoms with Gasteiger partial charge in [0, 0.05) is 6.07 Å². The largest absolute Gasteiger partial charge is 0.497 e. The number of thiophene rings is 1. The summed E-state index contributed by atoms with van der Waals surface area (Å²) in [6.45, 7) is 4.07. The number of rotatable bonds is 5. The highest BCUT2D eigenvalue weighted by atomic mass is 32.1. The molecule has 0 saturated carbocycles. The average Bonchev–Trinajstić information content (AvgIpc) is 3.09. The van der Waals surface area contributed by atoms with Crippen LogP contribution in [0.4, 0.5) is 10.1 Å². The molecule has 23 heavy (non-hydrogen) atoms. The Labute approximate surface area is 141 Å². The number of esters is 1. The first kappa shape index (κ1) is 15.8. The number of hydrogen-bond donors (Lipinski definition) is 1. The molecule has 120 valence electrons. The molecule has 3 rings (SSSR count). The molecule has 0 radical (unpaired) electrons. The quantitative estimate of drug-likeness (QED) is 0.683. The molecule has 0 bridgehead atoms. The SMILES string of the molecule is CCOC(=O)c1sc(Nc2nc3cc(OC)ccc3s2)cc1C. The summed E-state index contributed by atoms with van der Waals surface area (Å²) in [6, 6.07) is 7.74. The van der Waals surface area contributed by atoms with Crippen LogP contribution in [-0.2, 0) is 4.74 Å². The van der Waals surface area contributed by atoms with E-state index in [0.717, 1.165) is 31.7 Å². The Morgan fingerprint density at radius 2 is 2.13 bits per heavy atom. The van der Waals surface area contributed by atoms with Crippen molar-refractivity contribution >= 4 is 49.0 Å². The molecule has 2 heterocycles. The summed E-state index contributed by atoms with van der Waals surface area (Å²) in [5.74, 6) is 0.503. The molecule has 0 aliphatic carbocycles. The molecule has 0 amide bonds. The highest BCUT2D eigenvalue weighted by molar-refractivity contribution is 7.23. The number of benzene rings is 1. The normalized spacial score (nSPS) is 10.7. The molecule has 0 aliphatic rings. The minimum atomic E-state index is -0.280. The molecule has 0 aliphatic heterocycles. The van der Waals surface area contributed by atoms with Crippen molar-refractivity contribution in [3.63, 3.8) is 0 Å². The standard InChI is InChI=1S/C16H16N2O3S2/c1-4-21-15(19)14-9(2)7-13(23-14)18-16-17-11-8-10(20-3)5-6-12(11)22-16/h5-8H,4H2,1-3H3,(H,17,18). The van der Waals surface area contributed by atoms with E-state index in [1.54, 1.807) is 25.4 Å². The number of fused-ring (bicyclic) bond motifs is 1. The van der Waals surface area contributed by atoms with Gasteiger partial charge in [0.05, 0.1) is 28.9 Å². The lowest BCUT2D eigenvalue weighted by Crippen LogP contribution is -2.03. The van der Waals surface area contributed by atoms with E-state index in [1.165, 1.54) is 11.3 Å². The minimum absolute atomic E-state index is 0.280. The first-order valence-electron chi connectivity index (χ1n) is 7.10. The number of carbonyl (C=O) groups excluding carboxylic acids is 1. The third-order valence-electron chi connectivity index (χ3n) is 3.20. The van der Waals surface area contributed by atoms with Crippen molar-refractivity contribution in [1.82, 2.24) is 4.98 Å². The Bertz CT molecular complexity index is 854. The van der Waals surface area contributed by atoms with E-state index in [9.17, 15) is 4.79 Å². The Balaban J connectivity index is 1.84. The fourth-order valence-corrected chi connectivity index (χ4v) is 4.02. The van der Waals surface area contributed by atoms with Gasteiger partial charge in [-0.2, -0.15) is 0 Å². The zero-order chi connectivity index (χ0) is 16.4. The van der Waals surface area contributed by atoms with E-state index in [4.69, 9.17) is 9.47 Å². The molecule has 0 atom stereocenters. The summed E-state index contributed by atoms with van der Waals surface area (Å²) < 4.78 is 11.4. The van der Waals surface area contributed by atoms with Crippen molar-refractivity contribution in [2.24, 2.45) is 0 Å². The van der Waals surface area contributed by atoms with Crippen molar-refractivity contribution < 1.29 is 14.3 Å². The van der Waals surface area contributed by atoms with E-state index in [2.05, 4.69) is 10.3 Å². The van der Waals surface area contributed by atoms with E-state index in [0.29, 0.717) is 11.5 Å². The summed E-state index contributed by atoms with van der Waals surface area (Å²) in [7, 11) is 1.64. The fraction of sp³-hybridized carbons (Fsp3) is 0.250. The van der Waals surface area contributed by atoms with Crippen LogP contribution in [0, 0.1) is 6.92 Å². The summed E-state index contributed by atoms with van der Waals surface area (Å²) in [5, 5.41) is 4.92. The third kappa shape index (κ3) is 3.30. The molecular formula is C16H16N2O3S2.